The molecule has 2 aliphatic heterocycles. The van der Waals surface area contributed by atoms with Crippen molar-refractivity contribution < 1.29 is 14.3 Å². The van der Waals surface area contributed by atoms with Crippen molar-refractivity contribution in [2.45, 2.75) is 70.8 Å². The van der Waals surface area contributed by atoms with Gasteiger partial charge in [0.05, 0.1) is 24.8 Å². The largest absolute Gasteiger partial charge is 0.444 e. The summed E-state index contributed by atoms with van der Waals surface area (Å²) in [4.78, 5) is 16.1. The molecule has 3 N–H and O–H groups in total. The maximum absolute atomic E-state index is 11.6. The van der Waals surface area contributed by atoms with Crippen LogP contribution in [-0.2, 0) is 9.47 Å². The van der Waals surface area contributed by atoms with Gasteiger partial charge in [-0.1, -0.05) is 0 Å². The number of aliphatic imine (C=N–C) groups is 1. The second kappa shape index (κ2) is 9.65. The Hall–Kier alpha value is -0.770. The fourth-order valence-corrected chi connectivity index (χ4v) is 2.93. The van der Waals surface area contributed by atoms with Gasteiger partial charge in [-0.3, -0.25) is 4.99 Å². The molecule has 2 rings (SSSR count). The smallest absolute Gasteiger partial charge is 0.407 e. The summed E-state index contributed by atoms with van der Waals surface area (Å²) < 4.78 is 11.0. The van der Waals surface area contributed by atoms with Gasteiger partial charge in [0, 0.05) is 13.1 Å². The van der Waals surface area contributed by atoms with Crippen LogP contribution in [0.5, 0.6) is 0 Å². The summed E-state index contributed by atoms with van der Waals surface area (Å²) in [5.41, 5.74) is -0.481. The molecule has 7 nitrogen and oxygen atoms in total. The first-order valence-electron chi connectivity index (χ1n) is 8.54. The third-order valence-electron chi connectivity index (χ3n) is 3.82. The van der Waals surface area contributed by atoms with E-state index in [1.807, 2.05) is 27.7 Å². The van der Waals surface area contributed by atoms with Crippen LogP contribution in [0.3, 0.4) is 0 Å². The second-order valence-corrected chi connectivity index (χ2v) is 7.05. The van der Waals surface area contributed by atoms with Crippen molar-refractivity contribution in [2.24, 2.45) is 4.99 Å². The van der Waals surface area contributed by atoms with Crippen LogP contribution in [-0.4, -0.2) is 55.5 Å². The average molecular weight is 454 g/mol. The molecular formula is C16H31IN4O3. The van der Waals surface area contributed by atoms with Crippen molar-refractivity contribution in [3.8, 4) is 0 Å². The first kappa shape index (κ1) is 21.3. The lowest BCUT2D eigenvalue weighted by atomic mass is 9.96. The highest BCUT2D eigenvalue weighted by Crippen LogP contribution is 2.34. The Morgan fingerprint density at radius 3 is 2.58 bits per heavy atom. The maximum atomic E-state index is 11.6. The number of halogens is 1. The van der Waals surface area contributed by atoms with Gasteiger partial charge in [0.25, 0.3) is 0 Å². The van der Waals surface area contributed by atoms with E-state index in [1.54, 1.807) is 0 Å². The van der Waals surface area contributed by atoms with Gasteiger partial charge in [-0.05, 0) is 47.0 Å². The second-order valence-electron chi connectivity index (χ2n) is 7.05. The van der Waals surface area contributed by atoms with Crippen LogP contribution in [0.1, 0.15) is 47.0 Å². The number of hydrogen-bond acceptors (Lipinski definition) is 4. The Morgan fingerprint density at radius 1 is 1.29 bits per heavy atom. The van der Waals surface area contributed by atoms with E-state index in [4.69, 9.17) is 9.47 Å². The van der Waals surface area contributed by atoms with E-state index in [2.05, 4.69) is 20.9 Å². The molecule has 1 amide bonds. The lowest BCUT2D eigenvalue weighted by molar-refractivity contribution is 0.0529. The van der Waals surface area contributed by atoms with Gasteiger partial charge in [-0.15, -0.1) is 24.0 Å². The van der Waals surface area contributed by atoms with E-state index in [-0.39, 0.29) is 24.0 Å². The van der Waals surface area contributed by atoms with Crippen LogP contribution in [0.25, 0.3) is 0 Å². The highest BCUT2D eigenvalue weighted by atomic mass is 127. The molecule has 2 aliphatic rings. The molecule has 0 aromatic heterocycles. The summed E-state index contributed by atoms with van der Waals surface area (Å²) >= 11 is 0. The topological polar surface area (TPSA) is 84.0 Å². The van der Waals surface area contributed by atoms with Crippen molar-refractivity contribution >= 4 is 36.0 Å². The molecule has 0 radical (unpaired) electrons. The number of nitrogens with one attached hydrogen (secondary N) is 3. The SMILES string of the molecule is CCNC(=NCCNC(=O)OC(C)(C)C)NC1CC2CCC1O2.I. The van der Waals surface area contributed by atoms with Gasteiger partial charge in [-0.2, -0.15) is 0 Å². The Labute approximate surface area is 161 Å². The number of guanidine groups is 1. The molecule has 0 aliphatic carbocycles. The summed E-state index contributed by atoms with van der Waals surface area (Å²) in [6.07, 6.45) is 3.66. The zero-order chi connectivity index (χ0) is 16.9. The molecule has 2 heterocycles. The van der Waals surface area contributed by atoms with Crippen molar-refractivity contribution in [3.05, 3.63) is 0 Å². The molecule has 0 aromatic carbocycles. The standard InChI is InChI=1S/C16H30N4O3.HI/c1-5-17-14(20-12-10-11-6-7-13(12)22-11)18-8-9-19-15(21)23-16(2,3)4;/h11-13H,5-10H2,1-4H3,(H,19,21)(H2,17,18,20);1H. The first-order chi connectivity index (χ1) is 10.9. The molecular weight excluding hydrogens is 423 g/mol. The third kappa shape index (κ3) is 7.00. The van der Waals surface area contributed by atoms with Crippen molar-refractivity contribution in [1.82, 2.24) is 16.0 Å². The summed E-state index contributed by atoms with van der Waals surface area (Å²) in [6.45, 7) is 9.30. The fraction of sp³-hybridized carbons (Fsp3) is 0.875. The minimum Gasteiger partial charge on any atom is -0.444 e. The van der Waals surface area contributed by atoms with Crippen molar-refractivity contribution in [2.75, 3.05) is 19.6 Å². The average Bonchev–Trinajstić information content (AvgIpc) is 3.04. The molecule has 0 aromatic rings. The lowest BCUT2D eigenvalue weighted by Crippen LogP contribution is -2.47. The highest BCUT2D eigenvalue weighted by molar-refractivity contribution is 14.0. The molecule has 2 saturated heterocycles. The molecule has 2 bridgehead atoms. The van der Waals surface area contributed by atoms with E-state index in [9.17, 15) is 4.79 Å². The molecule has 0 spiro atoms. The van der Waals surface area contributed by atoms with Gasteiger partial charge in [-0.25, -0.2) is 4.79 Å². The van der Waals surface area contributed by atoms with Gasteiger partial charge >= 0.3 is 6.09 Å². The summed E-state index contributed by atoms with van der Waals surface area (Å²) in [5, 5.41) is 9.39. The van der Waals surface area contributed by atoms with Crippen LogP contribution in [0.2, 0.25) is 0 Å². The summed E-state index contributed by atoms with van der Waals surface area (Å²) in [6, 6.07) is 0.338. The van der Waals surface area contributed by atoms with Crippen LogP contribution in [0, 0.1) is 0 Å². The van der Waals surface area contributed by atoms with Gasteiger partial charge in [0.15, 0.2) is 5.96 Å². The number of nitrogens with zero attached hydrogens (tertiary/aromatic N) is 1. The van der Waals surface area contributed by atoms with Crippen molar-refractivity contribution in [1.29, 1.82) is 0 Å². The summed E-state index contributed by atoms with van der Waals surface area (Å²) in [7, 11) is 0. The Kier molecular flexibility index (Phi) is 8.55. The van der Waals surface area contributed by atoms with E-state index >= 15 is 0 Å². The number of alkyl carbamates (subject to hydrolysis) is 1. The fourth-order valence-electron chi connectivity index (χ4n) is 2.93. The van der Waals surface area contributed by atoms with Crippen LogP contribution in [0.4, 0.5) is 4.79 Å². The number of hydrogen-bond donors (Lipinski definition) is 3. The molecule has 24 heavy (non-hydrogen) atoms. The zero-order valence-electron chi connectivity index (χ0n) is 15.1. The zero-order valence-corrected chi connectivity index (χ0v) is 17.4. The number of carbonyl (C=O) groups is 1. The van der Waals surface area contributed by atoms with Gasteiger partial charge in [0.2, 0.25) is 0 Å². The maximum Gasteiger partial charge on any atom is 0.407 e. The normalized spacial score (nSPS) is 25.8. The molecule has 3 atom stereocenters. The predicted octanol–water partition coefficient (Wildman–Crippen LogP) is 2.00. The summed E-state index contributed by atoms with van der Waals surface area (Å²) in [5.74, 6) is 0.777. The van der Waals surface area contributed by atoms with Gasteiger partial charge in [0.1, 0.15) is 5.60 Å². The molecule has 2 fully saturated rings. The van der Waals surface area contributed by atoms with E-state index < -0.39 is 11.7 Å². The van der Waals surface area contributed by atoms with E-state index in [1.165, 1.54) is 6.42 Å². The Morgan fingerprint density at radius 2 is 2.04 bits per heavy atom. The molecule has 8 heteroatoms. The first-order valence-corrected chi connectivity index (χ1v) is 8.54. The minimum atomic E-state index is -0.481. The van der Waals surface area contributed by atoms with Crippen LogP contribution in [0.15, 0.2) is 4.99 Å². The molecule has 140 valence electrons. The molecule has 3 unspecified atom stereocenters. The number of amides is 1. The monoisotopic (exact) mass is 454 g/mol. The van der Waals surface area contributed by atoms with E-state index in [0.717, 1.165) is 25.3 Å². The van der Waals surface area contributed by atoms with E-state index in [0.29, 0.717) is 31.3 Å². The quantitative estimate of drug-likeness (QED) is 0.256. The highest BCUT2D eigenvalue weighted by Gasteiger charge is 2.41. The van der Waals surface area contributed by atoms with Crippen LogP contribution < -0.4 is 16.0 Å². The predicted molar refractivity (Wildman–Crippen MR) is 105 cm³/mol. The van der Waals surface area contributed by atoms with Crippen LogP contribution >= 0.6 is 24.0 Å². The minimum absolute atomic E-state index is 0. The lowest BCUT2D eigenvalue weighted by Gasteiger charge is -2.22. The van der Waals surface area contributed by atoms with Crippen molar-refractivity contribution in [3.63, 3.8) is 0 Å². The number of carbonyl (C=O) groups excluding carboxylic acids is 1. The third-order valence-corrected chi connectivity index (χ3v) is 3.82. The number of ether oxygens (including phenoxy) is 2. The Balaban J connectivity index is 0.00000288. The molecule has 0 saturated carbocycles. The number of fused-ring (bicyclic) bond motifs is 2. The van der Waals surface area contributed by atoms with Gasteiger partial charge < -0.3 is 25.4 Å². The Bertz CT molecular complexity index is 440. The number of rotatable bonds is 5.